The maximum Gasteiger partial charge on any atom is 0.393 e. The topological polar surface area (TPSA) is 6.48 Å². The van der Waals surface area contributed by atoms with Crippen LogP contribution in [0.15, 0.2) is 24.3 Å². The van der Waals surface area contributed by atoms with E-state index in [0.717, 1.165) is 11.1 Å². The van der Waals surface area contributed by atoms with Crippen LogP contribution < -0.4 is 0 Å². The summed E-state index contributed by atoms with van der Waals surface area (Å²) in [5.41, 5.74) is 1.80. The first kappa shape index (κ1) is 21.4. The van der Waals surface area contributed by atoms with Crippen LogP contribution >= 0.6 is 0 Å². The summed E-state index contributed by atoms with van der Waals surface area (Å²) in [5, 5.41) is 0. The standard InChI is InChI=1S/C20H26F6N2/c21-19(22,23)17-7-3-9-27(13-17)11-15-5-1-2-6-16(15)12-28-10-4-8-18(14-28)20(24,25)26/h1-2,5-6,17-18H,3-4,7-14H2/t17-,18+. The van der Waals surface area contributed by atoms with E-state index in [0.29, 0.717) is 39.0 Å². The van der Waals surface area contributed by atoms with E-state index < -0.39 is 24.2 Å². The molecular weight excluding hydrogens is 382 g/mol. The molecule has 0 aromatic heterocycles. The van der Waals surface area contributed by atoms with Gasteiger partial charge in [-0.15, -0.1) is 0 Å². The molecule has 0 aliphatic carbocycles. The molecule has 0 saturated carbocycles. The average molecular weight is 408 g/mol. The molecule has 0 N–H and O–H groups in total. The minimum absolute atomic E-state index is 0.0162. The van der Waals surface area contributed by atoms with Crippen molar-refractivity contribution in [1.29, 1.82) is 0 Å². The zero-order chi connectivity index (χ0) is 20.4. The molecule has 0 amide bonds. The van der Waals surface area contributed by atoms with Gasteiger partial charge < -0.3 is 0 Å². The highest BCUT2D eigenvalue weighted by atomic mass is 19.4. The fraction of sp³-hybridized carbons (Fsp3) is 0.700. The van der Waals surface area contributed by atoms with Gasteiger partial charge >= 0.3 is 12.4 Å². The maximum absolute atomic E-state index is 13.0. The zero-order valence-corrected chi connectivity index (χ0v) is 15.7. The van der Waals surface area contributed by atoms with Crippen molar-refractivity contribution >= 4 is 0 Å². The summed E-state index contributed by atoms with van der Waals surface area (Å²) in [6.07, 6.45) is -7.03. The summed E-state index contributed by atoms with van der Waals surface area (Å²) < 4.78 is 78.3. The fourth-order valence-electron chi connectivity index (χ4n) is 4.28. The number of rotatable bonds is 4. The largest absolute Gasteiger partial charge is 0.393 e. The number of halogens is 6. The van der Waals surface area contributed by atoms with E-state index in [2.05, 4.69) is 0 Å². The molecule has 2 atom stereocenters. The number of likely N-dealkylation sites (tertiary alicyclic amines) is 2. The van der Waals surface area contributed by atoms with Crippen LogP contribution in [0.4, 0.5) is 26.3 Å². The van der Waals surface area contributed by atoms with Gasteiger partial charge in [-0.05, 0) is 49.9 Å². The van der Waals surface area contributed by atoms with Crippen molar-refractivity contribution in [2.24, 2.45) is 11.8 Å². The number of hydrogen-bond donors (Lipinski definition) is 0. The third-order valence-electron chi connectivity index (χ3n) is 5.84. The van der Waals surface area contributed by atoms with E-state index in [9.17, 15) is 26.3 Å². The predicted molar refractivity (Wildman–Crippen MR) is 94.6 cm³/mol. The van der Waals surface area contributed by atoms with Crippen LogP contribution in [0.1, 0.15) is 36.8 Å². The Morgan fingerprint density at radius 3 is 1.46 bits per heavy atom. The Morgan fingerprint density at radius 1 is 0.714 bits per heavy atom. The molecule has 1 aromatic carbocycles. The normalized spacial score (nSPS) is 25.8. The van der Waals surface area contributed by atoms with Gasteiger partial charge in [-0.1, -0.05) is 24.3 Å². The SMILES string of the molecule is FC(F)(F)[C@@H]1CCCN(Cc2ccccc2CN2CCC[C@H](C(F)(F)F)C2)C1. The molecule has 2 aliphatic heterocycles. The highest BCUT2D eigenvalue weighted by Crippen LogP contribution is 2.35. The van der Waals surface area contributed by atoms with E-state index in [1.165, 1.54) is 0 Å². The Hall–Kier alpha value is -1.28. The number of hydrogen-bond acceptors (Lipinski definition) is 2. The van der Waals surface area contributed by atoms with E-state index in [1.54, 1.807) is 0 Å². The van der Waals surface area contributed by atoms with E-state index >= 15 is 0 Å². The highest BCUT2D eigenvalue weighted by Gasteiger charge is 2.42. The second-order valence-electron chi connectivity index (χ2n) is 8.00. The minimum atomic E-state index is -4.18. The highest BCUT2D eigenvalue weighted by molar-refractivity contribution is 5.27. The second kappa shape index (κ2) is 8.61. The van der Waals surface area contributed by atoms with Crippen LogP contribution in [-0.4, -0.2) is 48.3 Å². The van der Waals surface area contributed by atoms with Gasteiger partial charge in [-0.2, -0.15) is 26.3 Å². The van der Waals surface area contributed by atoms with Crippen molar-refractivity contribution < 1.29 is 26.3 Å². The van der Waals surface area contributed by atoms with E-state index in [4.69, 9.17) is 0 Å². The van der Waals surface area contributed by atoms with Crippen molar-refractivity contribution in [3.8, 4) is 0 Å². The molecular formula is C20H26F6N2. The number of piperidine rings is 2. The third-order valence-corrected chi connectivity index (χ3v) is 5.84. The lowest BCUT2D eigenvalue weighted by Gasteiger charge is -2.35. The lowest BCUT2D eigenvalue weighted by atomic mass is 9.95. The van der Waals surface area contributed by atoms with E-state index in [1.807, 2.05) is 34.1 Å². The molecule has 2 nitrogen and oxygen atoms in total. The van der Waals surface area contributed by atoms with Gasteiger partial charge in [0.25, 0.3) is 0 Å². The molecule has 2 fully saturated rings. The summed E-state index contributed by atoms with van der Waals surface area (Å²) in [4.78, 5) is 3.63. The van der Waals surface area contributed by atoms with Crippen LogP contribution in [0.25, 0.3) is 0 Å². The molecule has 0 unspecified atom stereocenters. The van der Waals surface area contributed by atoms with Crippen molar-refractivity contribution in [3.05, 3.63) is 35.4 Å². The fourth-order valence-corrected chi connectivity index (χ4v) is 4.28. The molecule has 3 rings (SSSR count). The van der Waals surface area contributed by atoms with E-state index in [-0.39, 0.29) is 25.9 Å². The number of benzene rings is 1. The molecule has 0 radical (unpaired) electrons. The Kier molecular flexibility index (Phi) is 6.59. The molecule has 2 saturated heterocycles. The van der Waals surface area contributed by atoms with Crippen molar-refractivity contribution in [3.63, 3.8) is 0 Å². The first-order valence-corrected chi connectivity index (χ1v) is 9.78. The summed E-state index contributed by atoms with van der Waals surface area (Å²) in [7, 11) is 0. The summed E-state index contributed by atoms with van der Waals surface area (Å²) in [6.45, 7) is 2.00. The van der Waals surface area contributed by atoms with Gasteiger partial charge in [0, 0.05) is 26.2 Å². The van der Waals surface area contributed by atoms with Crippen LogP contribution in [0.2, 0.25) is 0 Å². The summed E-state index contributed by atoms with van der Waals surface area (Å²) >= 11 is 0. The molecule has 158 valence electrons. The van der Waals surface area contributed by atoms with Crippen LogP contribution in [-0.2, 0) is 13.1 Å². The molecule has 0 bridgehead atoms. The smallest absolute Gasteiger partial charge is 0.298 e. The van der Waals surface area contributed by atoms with Crippen molar-refractivity contribution in [1.82, 2.24) is 9.80 Å². The Bertz CT molecular complexity index is 587. The second-order valence-corrected chi connectivity index (χ2v) is 8.00. The summed E-state index contributed by atoms with van der Waals surface area (Å²) in [6, 6.07) is 7.41. The number of nitrogens with zero attached hydrogens (tertiary/aromatic N) is 2. The minimum Gasteiger partial charge on any atom is -0.298 e. The van der Waals surface area contributed by atoms with Gasteiger partial charge in [0.05, 0.1) is 11.8 Å². The average Bonchev–Trinajstić information content (AvgIpc) is 2.62. The summed E-state index contributed by atoms with van der Waals surface area (Å²) in [5.74, 6) is -2.61. The zero-order valence-electron chi connectivity index (χ0n) is 15.7. The predicted octanol–water partition coefficient (Wildman–Crippen LogP) is 5.24. The van der Waals surface area contributed by atoms with Gasteiger partial charge in [0.15, 0.2) is 0 Å². The molecule has 28 heavy (non-hydrogen) atoms. The lowest BCUT2D eigenvalue weighted by Crippen LogP contribution is -2.42. The van der Waals surface area contributed by atoms with Gasteiger partial charge in [0.2, 0.25) is 0 Å². The lowest BCUT2D eigenvalue weighted by molar-refractivity contribution is -0.188. The first-order chi connectivity index (χ1) is 13.1. The molecule has 2 heterocycles. The van der Waals surface area contributed by atoms with Crippen LogP contribution in [0.3, 0.4) is 0 Å². The van der Waals surface area contributed by atoms with Crippen molar-refractivity contribution in [2.45, 2.75) is 51.1 Å². The van der Waals surface area contributed by atoms with Crippen LogP contribution in [0, 0.1) is 11.8 Å². The Labute approximate surface area is 161 Å². The van der Waals surface area contributed by atoms with Gasteiger partial charge in [-0.3, -0.25) is 9.80 Å². The monoisotopic (exact) mass is 408 g/mol. The first-order valence-electron chi connectivity index (χ1n) is 9.78. The molecule has 8 heteroatoms. The maximum atomic E-state index is 13.0. The molecule has 1 aromatic rings. The van der Waals surface area contributed by atoms with Gasteiger partial charge in [0.1, 0.15) is 0 Å². The van der Waals surface area contributed by atoms with Gasteiger partial charge in [-0.25, -0.2) is 0 Å². The van der Waals surface area contributed by atoms with Crippen LogP contribution in [0.5, 0.6) is 0 Å². The Morgan fingerprint density at radius 2 is 1.11 bits per heavy atom. The van der Waals surface area contributed by atoms with Crippen molar-refractivity contribution in [2.75, 3.05) is 26.2 Å². The third kappa shape index (κ3) is 5.63. The Balaban J connectivity index is 1.65. The number of alkyl halides is 6. The quantitative estimate of drug-likeness (QED) is 0.629. The molecule has 2 aliphatic rings. The molecule has 0 spiro atoms.